The van der Waals surface area contributed by atoms with Gasteiger partial charge in [0.1, 0.15) is 0 Å². The van der Waals surface area contributed by atoms with Crippen molar-refractivity contribution in [1.29, 1.82) is 0 Å². The van der Waals surface area contributed by atoms with Crippen LogP contribution in [0.1, 0.15) is 0 Å². The van der Waals surface area contributed by atoms with Crippen molar-refractivity contribution in [2.75, 3.05) is 20.1 Å². The number of carboxylic acid groups (broad SMARTS) is 2. The predicted molar refractivity (Wildman–Crippen MR) is 38.5 cm³/mol. The molecule has 0 aromatic heterocycles. The second kappa shape index (κ2) is 7.20. The van der Waals surface area contributed by atoms with E-state index in [1.165, 1.54) is 11.9 Å². The molecule has 0 unspecified atom stereocenters. The van der Waals surface area contributed by atoms with Gasteiger partial charge >= 0.3 is 11.9 Å². The van der Waals surface area contributed by atoms with Gasteiger partial charge in [-0.05, 0) is 7.05 Å². The third-order valence-corrected chi connectivity index (χ3v) is 0.810. The van der Waals surface area contributed by atoms with Gasteiger partial charge in [0.2, 0.25) is 0 Å². The van der Waals surface area contributed by atoms with E-state index in [0.717, 1.165) is 0 Å². The van der Waals surface area contributed by atoms with Crippen LogP contribution in [0.5, 0.6) is 0 Å². The maximum Gasteiger partial charge on any atom is 0.317 e. The average Bonchev–Trinajstić information content (AvgIpc) is 1.58. The van der Waals surface area contributed by atoms with Crippen LogP contribution in [0, 0.1) is 0 Å². The van der Waals surface area contributed by atoms with Gasteiger partial charge in [0, 0.05) is 51.4 Å². The molecule has 0 saturated heterocycles. The van der Waals surface area contributed by atoms with E-state index in [-0.39, 0.29) is 64.5 Å². The predicted octanol–water partition coefficient (Wildman–Crippen LogP) is -1.29. The number of hydrogen-bond acceptors (Lipinski definition) is 3. The summed E-state index contributed by atoms with van der Waals surface area (Å²) in [6.07, 6.45) is 0. The number of aliphatic carboxylic acids is 2. The molecular weight excluding hydrogens is 177 g/mol. The Morgan fingerprint density at radius 1 is 1.18 bits per heavy atom. The Labute approximate surface area is 107 Å². The smallest absolute Gasteiger partial charge is 0.317 e. The van der Waals surface area contributed by atoms with E-state index >= 15 is 0 Å². The number of carboxylic acids is 2. The number of likely N-dealkylation sites (N-methyl/N-ethyl adjacent to an activating group) is 1. The molecule has 6 heteroatoms. The Balaban J connectivity index is 0. The fourth-order valence-electron chi connectivity index (χ4n) is 0.518. The molecule has 2 N–H and O–H groups in total. The van der Waals surface area contributed by atoms with E-state index in [2.05, 4.69) is 0 Å². The molecule has 0 spiro atoms. The van der Waals surface area contributed by atoms with Crippen molar-refractivity contribution in [3.05, 3.63) is 0 Å². The van der Waals surface area contributed by atoms with Crippen molar-refractivity contribution in [1.82, 2.24) is 4.90 Å². The van der Waals surface area contributed by atoms with Crippen LogP contribution in [-0.4, -0.2) is 98.6 Å². The zero-order valence-corrected chi connectivity index (χ0v) is 9.70. The van der Waals surface area contributed by atoms with Gasteiger partial charge in [-0.2, -0.15) is 0 Å². The molecular formula is C5H9KNO4. The van der Waals surface area contributed by atoms with E-state index in [9.17, 15) is 9.59 Å². The van der Waals surface area contributed by atoms with Crippen LogP contribution in [0.25, 0.3) is 0 Å². The molecule has 5 nitrogen and oxygen atoms in total. The minimum absolute atomic E-state index is 0. The second-order valence-electron chi connectivity index (χ2n) is 1.96. The van der Waals surface area contributed by atoms with E-state index in [4.69, 9.17) is 10.2 Å². The average molecular weight is 186 g/mol. The Hall–Kier alpha value is 0.536. The summed E-state index contributed by atoms with van der Waals surface area (Å²) < 4.78 is 0. The molecule has 0 saturated carbocycles. The maximum atomic E-state index is 9.96. The van der Waals surface area contributed by atoms with Crippen molar-refractivity contribution >= 4 is 63.3 Å². The van der Waals surface area contributed by atoms with Gasteiger partial charge < -0.3 is 10.2 Å². The van der Waals surface area contributed by atoms with Crippen LogP contribution in [0.15, 0.2) is 0 Å². The molecule has 0 aliphatic heterocycles. The topological polar surface area (TPSA) is 77.8 Å². The van der Waals surface area contributed by atoms with Crippen molar-refractivity contribution in [2.45, 2.75) is 0 Å². The Kier molecular flexibility index (Phi) is 9.22. The third kappa shape index (κ3) is 10.5. The molecule has 0 fully saturated rings. The molecule has 0 heterocycles. The molecule has 0 rings (SSSR count). The zero-order valence-electron chi connectivity index (χ0n) is 6.57. The Bertz CT molecular complexity index is 133. The summed E-state index contributed by atoms with van der Waals surface area (Å²) in [5.41, 5.74) is 0. The Morgan fingerprint density at radius 2 is 1.45 bits per heavy atom. The first kappa shape index (κ1) is 14.1. The van der Waals surface area contributed by atoms with Crippen LogP contribution in [-0.2, 0) is 9.59 Å². The molecule has 0 amide bonds. The summed E-state index contributed by atoms with van der Waals surface area (Å²) in [5, 5.41) is 16.3. The summed E-state index contributed by atoms with van der Waals surface area (Å²) in [6, 6.07) is 0. The minimum atomic E-state index is -1.02. The van der Waals surface area contributed by atoms with E-state index in [1.807, 2.05) is 0 Å². The van der Waals surface area contributed by atoms with Gasteiger partial charge in [0.05, 0.1) is 13.1 Å². The summed E-state index contributed by atoms with van der Waals surface area (Å²) in [5.74, 6) is -2.05. The maximum absolute atomic E-state index is 9.96. The van der Waals surface area contributed by atoms with Crippen LogP contribution < -0.4 is 0 Å². The summed E-state index contributed by atoms with van der Waals surface area (Å²) in [6.45, 7) is -0.488. The molecule has 0 aromatic carbocycles. The second-order valence-corrected chi connectivity index (χ2v) is 1.96. The standard InChI is InChI=1S/C5H9NO4.K/c1-6(2-4(7)8)3-5(9)10;/h2-3H2,1H3,(H,7,8)(H,9,10);. The van der Waals surface area contributed by atoms with Crippen molar-refractivity contribution < 1.29 is 19.8 Å². The molecule has 0 aliphatic rings. The van der Waals surface area contributed by atoms with Crippen LogP contribution in [0.3, 0.4) is 0 Å². The monoisotopic (exact) mass is 186 g/mol. The van der Waals surface area contributed by atoms with Crippen molar-refractivity contribution in [3.63, 3.8) is 0 Å². The van der Waals surface area contributed by atoms with Gasteiger partial charge in [-0.15, -0.1) is 0 Å². The van der Waals surface area contributed by atoms with Crippen LogP contribution >= 0.6 is 0 Å². The van der Waals surface area contributed by atoms with E-state index < -0.39 is 11.9 Å². The summed E-state index contributed by atoms with van der Waals surface area (Å²) in [7, 11) is 1.43. The molecule has 11 heavy (non-hydrogen) atoms. The van der Waals surface area contributed by atoms with E-state index in [0.29, 0.717) is 0 Å². The molecule has 1 radical (unpaired) electrons. The van der Waals surface area contributed by atoms with Gasteiger partial charge in [0.25, 0.3) is 0 Å². The van der Waals surface area contributed by atoms with Gasteiger partial charge in [-0.25, -0.2) is 0 Å². The quantitative estimate of drug-likeness (QED) is 0.534. The number of rotatable bonds is 4. The largest absolute Gasteiger partial charge is 0.480 e. The van der Waals surface area contributed by atoms with Crippen molar-refractivity contribution in [2.24, 2.45) is 0 Å². The summed E-state index contributed by atoms with van der Waals surface area (Å²) in [4.78, 5) is 21.1. The molecule has 59 valence electrons. The van der Waals surface area contributed by atoms with Crippen molar-refractivity contribution in [3.8, 4) is 0 Å². The van der Waals surface area contributed by atoms with Crippen LogP contribution in [0.4, 0.5) is 0 Å². The first-order valence-electron chi connectivity index (χ1n) is 2.64. The SMILES string of the molecule is CN(CC(=O)O)CC(=O)O.[K]. The number of nitrogens with zero attached hydrogens (tertiary/aromatic N) is 1. The molecule has 0 aromatic rings. The van der Waals surface area contributed by atoms with Crippen LogP contribution in [0.2, 0.25) is 0 Å². The van der Waals surface area contributed by atoms with E-state index in [1.54, 1.807) is 0 Å². The first-order valence-corrected chi connectivity index (χ1v) is 2.64. The summed E-state index contributed by atoms with van der Waals surface area (Å²) >= 11 is 0. The molecule has 0 atom stereocenters. The fraction of sp³-hybridized carbons (Fsp3) is 0.600. The molecule has 0 bridgehead atoms. The number of carbonyl (C=O) groups is 2. The number of hydrogen-bond donors (Lipinski definition) is 2. The first-order chi connectivity index (χ1) is 4.52. The normalized spacial score (nSPS) is 8.91. The zero-order chi connectivity index (χ0) is 8.15. The van der Waals surface area contributed by atoms with Gasteiger partial charge in [-0.3, -0.25) is 14.5 Å². The molecule has 0 aliphatic carbocycles. The Morgan fingerprint density at radius 3 is 1.64 bits per heavy atom. The third-order valence-electron chi connectivity index (χ3n) is 0.810. The van der Waals surface area contributed by atoms with Gasteiger partial charge in [0.15, 0.2) is 0 Å². The van der Waals surface area contributed by atoms with Gasteiger partial charge in [-0.1, -0.05) is 0 Å². The fourth-order valence-corrected chi connectivity index (χ4v) is 0.518. The minimum Gasteiger partial charge on any atom is -0.480 e.